The molecule has 1 aromatic heterocycles. The molecular weight excluding hydrogens is 248 g/mol. The molecule has 4 aliphatic rings. The van der Waals surface area contributed by atoms with E-state index >= 15 is 0 Å². The monoisotopic (exact) mass is 270 g/mol. The topological polar surface area (TPSA) is 67.6 Å². The van der Waals surface area contributed by atoms with E-state index in [1.54, 1.807) is 0 Å². The van der Waals surface area contributed by atoms with Crippen molar-refractivity contribution in [2.45, 2.75) is 56.5 Å². The Balaban J connectivity index is 1.68. The van der Waals surface area contributed by atoms with E-state index in [0.29, 0.717) is 6.54 Å². The molecule has 4 nitrogen and oxygen atoms in total. The van der Waals surface area contributed by atoms with E-state index in [2.05, 4.69) is 10.6 Å². The van der Waals surface area contributed by atoms with Crippen LogP contribution in [0.5, 0.6) is 0 Å². The zero-order chi connectivity index (χ0) is 13.7. The molecule has 1 atom stereocenters. The van der Waals surface area contributed by atoms with Gasteiger partial charge < -0.3 is 10.3 Å². The molecule has 0 amide bonds. The highest BCUT2D eigenvalue weighted by Crippen LogP contribution is 2.60. The molecule has 4 saturated carbocycles. The van der Waals surface area contributed by atoms with Gasteiger partial charge in [0.2, 0.25) is 0 Å². The number of aromatic nitrogens is 2. The third-order valence-corrected chi connectivity index (χ3v) is 5.79. The van der Waals surface area contributed by atoms with Gasteiger partial charge >= 0.3 is 0 Å². The Morgan fingerprint density at radius 3 is 2.45 bits per heavy atom. The van der Waals surface area contributed by atoms with E-state index in [1.165, 1.54) is 44.3 Å². The van der Waals surface area contributed by atoms with Crippen LogP contribution in [0.4, 0.5) is 0 Å². The summed E-state index contributed by atoms with van der Waals surface area (Å²) in [5.74, 6) is 3.95. The minimum atomic E-state index is -0.433. The van der Waals surface area contributed by atoms with Gasteiger partial charge in [0.1, 0.15) is 11.9 Å². The highest BCUT2D eigenvalue weighted by Gasteiger charge is 2.53. The molecule has 4 fully saturated rings. The first-order chi connectivity index (χ1) is 9.68. The summed E-state index contributed by atoms with van der Waals surface area (Å²) in [5, 5.41) is 8.95. The van der Waals surface area contributed by atoms with Crippen molar-refractivity contribution < 1.29 is 0 Å². The Morgan fingerprint density at radius 1 is 1.30 bits per heavy atom. The van der Waals surface area contributed by atoms with Crippen molar-refractivity contribution >= 4 is 0 Å². The van der Waals surface area contributed by atoms with Gasteiger partial charge in [0.05, 0.1) is 12.6 Å². The summed E-state index contributed by atoms with van der Waals surface area (Å²) in [6.45, 7) is 0.577. The minimum absolute atomic E-state index is 0.285. The van der Waals surface area contributed by atoms with Crippen LogP contribution in [0.25, 0.3) is 0 Å². The van der Waals surface area contributed by atoms with Crippen LogP contribution in [0.2, 0.25) is 0 Å². The average Bonchev–Trinajstić information content (AvgIpc) is 2.86. The molecular formula is C16H22N4. The van der Waals surface area contributed by atoms with E-state index in [9.17, 15) is 0 Å². The van der Waals surface area contributed by atoms with E-state index in [1.807, 2.05) is 12.4 Å². The van der Waals surface area contributed by atoms with Crippen LogP contribution in [-0.2, 0) is 12.0 Å². The van der Waals surface area contributed by atoms with E-state index in [0.717, 1.165) is 17.8 Å². The number of nitrogens with zero attached hydrogens (tertiary/aromatic N) is 3. The molecule has 1 aromatic rings. The summed E-state index contributed by atoms with van der Waals surface area (Å²) in [6, 6.07) is 1.70. The fourth-order valence-corrected chi connectivity index (χ4v) is 5.56. The summed E-state index contributed by atoms with van der Waals surface area (Å²) in [4.78, 5) is 4.69. The fraction of sp³-hybridized carbons (Fsp3) is 0.750. The number of hydrogen-bond acceptors (Lipinski definition) is 3. The van der Waals surface area contributed by atoms with Gasteiger partial charge in [-0.25, -0.2) is 4.98 Å². The van der Waals surface area contributed by atoms with Crippen LogP contribution in [0.1, 0.15) is 44.3 Å². The van der Waals surface area contributed by atoms with Gasteiger partial charge in [0.25, 0.3) is 0 Å². The first-order valence-electron chi connectivity index (χ1n) is 7.85. The van der Waals surface area contributed by atoms with Crippen LogP contribution >= 0.6 is 0 Å². The number of rotatable bonds is 3. The number of nitriles is 1. The lowest BCUT2D eigenvalue weighted by Gasteiger charge is -2.56. The van der Waals surface area contributed by atoms with Crippen molar-refractivity contribution in [1.29, 1.82) is 5.26 Å². The average molecular weight is 270 g/mol. The maximum absolute atomic E-state index is 8.95. The normalized spacial score (nSPS) is 39.7. The molecule has 4 bridgehead atoms. The lowest BCUT2D eigenvalue weighted by molar-refractivity contribution is -0.0110. The van der Waals surface area contributed by atoms with E-state index in [-0.39, 0.29) is 5.41 Å². The Kier molecular flexibility index (Phi) is 2.68. The molecule has 1 unspecified atom stereocenters. The first kappa shape index (κ1) is 12.4. The van der Waals surface area contributed by atoms with E-state index in [4.69, 9.17) is 16.0 Å². The van der Waals surface area contributed by atoms with Gasteiger partial charge in [-0.1, -0.05) is 0 Å². The molecule has 0 saturated heterocycles. The van der Waals surface area contributed by atoms with Crippen molar-refractivity contribution in [2.75, 3.05) is 0 Å². The molecule has 5 rings (SSSR count). The van der Waals surface area contributed by atoms with Gasteiger partial charge in [-0.2, -0.15) is 5.26 Å². The van der Waals surface area contributed by atoms with Gasteiger partial charge in [-0.3, -0.25) is 0 Å². The lowest BCUT2D eigenvalue weighted by Crippen LogP contribution is -2.50. The van der Waals surface area contributed by atoms with Crippen molar-refractivity contribution in [3.05, 3.63) is 18.2 Å². The molecule has 4 heteroatoms. The second kappa shape index (κ2) is 4.33. The standard InChI is InChI=1S/C16H22N4/c17-9-14(18)10-20-2-1-19-15(20)16-6-11-3-12(7-16)5-13(4-11)8-16/h1-2,11-14H,3-8,10,18H2. The van der Waals surface area contributed by atoms with Crippen LogP contribution < -0.4 is 5.73 Å². The molecule has 0 aliphatic heterocycles. The third-order valence-electron chi connectivity index (χ3n) is 5.79. The molecule has 0 radical (unpaired) electrons. The predicted molar refractivity (Wildman–Crippen MR) is 75.7 cm³/mol. The number of hydrogen-bond donors (Lipinski definition) is 1. The van der Waals surface area contributed by atoms with Gasteiger partial charge in [-0.05, 0) is 56.3 Å². The quantitative estimate of drug-likeness (QED) is 0.915. The summed E-state index contributed by atoms with van der Waals surface area (Å²) < 4.78 is 2.15. The summed E-state index contributed by atoms with van der Waals surface area (Å²) in [5.41, 5.74) is 6.10. The predicted octanol–water partition coefficient (Wildman–Crippen LogP) is 2.20. The van der Waals surface area contributed by atoms with Crippen LogP contribution in [0.15, 0.2) is 12.4 Å². The second-order valence-electron chi connectivity index (χ2n) is 7.34. The maximum atomic E-state index is 8.95. The summed E-state index contributed by atoms with van der Waals surface area (Å²) in [7, 11) is 0. The van der Waals surface area contributed by atoms with Gasteiger partial charge in [0, 0.05) is 17.8 Å². The molecule has 0 aromatic carbocycles. The highest BCUT2D eigenvalue weighted by atomic mass is 15.1. The smallest absolute Gasteiger partial charge is 0.114 e. The molecule has 4 aliphatic carbocycles. The molecule has 0 spiro atoms. The Morgan fingerprint density at radius 2 is 1.90 bits per heavy atom. The molecule has 1 heterocycles. The van der Waals surface area contributed by atoms with Crippen molar-refractivity contribution in [3.8, 4) is 6.07 Å². The molecule has 106 valence electrons. The Bertz CT molecular complexity index is 518. The SMILES string of the molecule is N#CC(N)Cn1ccnc1C12CC3CC(CC(C3)C1)C2. The van der Waals surface area contributed by atoms with Crippen LogP contribution in [-0.4, -0.2) is 15.6 Å². The number of nitrogens with two attached hydrogens (primary N) is 1. The fourth-order valence-electron chi connectivity index (χ4n) is 5.56. The highest BCUT2D eigenvalue weighted by molar-refractivity contribution is 5.19. The molecule has 2 N–H and O–H groups in total. The van der Waals surface area contributed by atoms with Gasteiger partial charge in [-0.15, -0.1) is 0 Å². The Hall–Kier alpha value is -1.34. The summed E-state index contributed by atoms with van der Waals surface area (Å²) in [6.07, 6.45) is 12.1. The van der Waals surface area contributed by atoms with Crippen molar-refractivity contribution in [3.63, 3.8) is 0 Å². The van der Waals surface area contributed by atoms with Crippen LogP contribution in [0, 0.1) is 29.1 Å². The molecule has 20 heavy (non-hydrogen) atoms. The maximum Gasteiger partial charge on any atom is 0.114 e. The second-order valence-corrected chi connectivity index (χ2v) is 7.34. The zero-order valence-corrected chi connectivity index (χ0v) is 11.8. The van der Waals surface area contributed by atoms with Crippen LogP contribution in [0.3, 0.4) is 0 Å². The first-order valence-corrected chi connectivity index (χ1v) is 7.85. The largest absolute Gasteiger partial charge is 0.332 e. The third kappa shape index (κ3) is 1.80. The van der Waals surface area contributed by atoms with E-state index < -0.39 is 6.04 Å². The minimum Gasteiger partial charge on any atom is -0.332 e. The lowest BCUT2D eigenvalue weighted by atomic mass is 9.49. The zero-order valence-electron chi connectivity index (χ0n) is 11.8. The van der Waals surface area contributed by atoms with Crippen molar-refractivity contribution in [2.24, 2.45) is 23.5 Å². The van der Waals surface area contributed by atoms with Crippen molar-refractivity contribution in [1.82, 2.24) is 9.55 Å². The Labute approximate surface area is 120 Å². The summed E-state index contributed by atoms with van der Waals surface area (Å²) >= 11 is 0. The number of imidazole rings is 1. The van der Waals surface area contributed by atoms with Gasteiger partial charge in [0.15, 0.2) is 0 Å².